The van der Waals surface area contributed by atoms with E-state index in [4.69, 9.17) is 11.6 Å². The second kappa shape index (κ2) is 5.27. The molecular formula is C15H13ClF2O. The largest absolute Gasteiger partial charge is 0.383 e. The van der Waals surface area contributed by atoms with Crippen molar-refractivity contribution in [1.82, 2.24) is 0 Å². The molecule has 0 fully saturated rings. The molecule has 0 aliphatic rings. The Bertz CT molecular complexity index is 626. The Kier molecular flexibility index (Phi) is 3.88. The molecule has 100 valence electrons. The van der Waals surface area contributed by atoms with Crippen LogP contribution in [0, 0.1) is 25.5 Å². The monoisotopic (exact) mass is 282 g/mol. The molecule has 0 aromatic heterocycles. The quantitative estimate of drug-likeness (QED) is 0.870. The van der Waals surface area contributed by atoms with Gasteiger partial charge in [-0.2, -0.15) is 0 Å². The third kappa shape index (κ3) is 2.62. The van der Waals surface area contributed by atoms with Crippen molar-refractivity contribution in [2.75, 3.05) is 0 Å². The van der Waals surface area contributed by atoms with Crippen LogP contribution in [-0.2, 0) is 0 Å². The van der Waals surface area contributed by atoms with Crippen molar-refractivity contribution in [1.29, 1.82) is 0 Å². The van der Waals surface area contributed by atoms with Gasteiger partial charge in [0, 0.05) is 16.1 Å². The smallest absolute Gasteiger partial charge is 0.129 e. The maximum absolute atomic E-state index is 13.8. The minimum Gasteiger partial charge on any atom is -0.383 e. The molecule has 0 aliphatic heterocycles. The Hall–Kier alpha value is -1.45. The van der Waals surface area contributed by atoms with Gasteiger partial charge >= 0.3 is 0 Å². The Balaban J connectivity index is 2.53. The Morgan fingerprint density at radius 2 is 1.68 bits per heavy atom. The number of rotatable bonds is 2. The molecule has 0 bridgehead atoms. The summed E-state index contributed by atoms with van der Waals surface area (Å²) in [5.41, 5.74) is 1.22. The molecule has 1 nitrogen and oxygen atoms in total. The van der Waals surface area contributed by atoms with Crippen LogP contribution in [0.25, 0.3) is 0 Å². The summed E-state index contributed by atoms with van der Waals surface area (Å²) < 4.78 is 27.3. The van der Waals surface area contributed by atoms with Crippen LogP contribution in [0.1, 0.15) is 28.4 Å². The van der Waals surface area contributed by atoms with Crippen molar-refractivity contribution in [2.45, 2.75) is 20.0 Å². The average Bonchev–Trinajstić information content (AvgIpc) is 2.36. The van der Waals surface area contributed by atoms with Gasteiger partial charge in [0.15, 0.2) is 0 Å². The summed E-state index contributed by atoms with van der Waals surface area (Å²) in [5, 5.41) is 10.6. The fourth-order valence-corrected chi connectivity index (χ4v) is 2.15. The van der Waals surface area contributed by atoms with E-state index in [9.17, 15) is 13.9 Å². The number of aliphatic hydroxyl groups excluding tert-OH is 1. The first kappa shape index (κ1) is 14.0. The second-order valence-corrected chi connectivity index (χ2v) is 4.88. The molecule has 1 atom stereocenters. The fourth-order valence-electron chi connectivity index (χ4n) is 1.92. The van der Waals surface area contributed by atoms with Gasteiger partial charge in [0.05, 0.1) is 0 Å². The van der Waals surface area contributed by atoms with Gasteiger partial charge < -0.3 is 5.11 Å². The van der Waals surface area contributed by atoms with E-state index in [1.165, 1.54) is 6.92 Å². The van der Waals surface area contributed by atoms with Crippen molar-refractivity contribution in [3.63, 3.8) is 0 Å². The number of benzene rings is 2. The predicted molar refractivity (Wildman–Crippen MR) is 71.3 cm³/mol. The van der Waals surface area contributed by atoms with E-state index >= 15 is 0 Å². The molecule has 19 heavy (non-hydrogen) atoms. The van der Waals surface area contributed by atoms with E-state index in [1.807, 2.05) is 0 Å². The third-order valence-electron chi connectivity index (χ3n) is 3.09. The zero-order valence-corrected chi connectivity index (χ0v) is 11.3. The molecule has 0 aliphatic carbocycles. The van der Waals surface area contributed by atoms with Crippen LogP contribution in [0.4, 0.5) is 8.78 Å². The van der Waals surface area contributed by atoms with Gasteiger partial charge in [0.25, 0.3) is 0 Å². The highest BCUT2D eigenvalue weighted by atomic mass is 35.5. The summed E-state index contributed by atoms with van der Waals surface area (Å²) in [7, 11) is 0. The zero-order chi connectivity index (χ0) is 14.2. The minimum atomic E-state index is -1.29. The molecule has 2 aromatic rings. The second-order valence-electron chi connectivity index (χ2n) is 4.50. The van der Waals surface area contributed by atoms with E-state index in [-0.39, 0.29) is 11.1 Å². The van der Waals surface area contributed by atoms with Crippen LogP contribution >= 0.6 is 11.6 Å². The number of halogens is 3. The molecule has 1 N–H and O–H groups in total. The summed E-state index contributed by atoms with van der Waals surface area (Å²) in [5.74, 6) is -1.21. The van der Waals surface area contributed by atoms with Gasteiger partial charge in [-0.15, -0.1) is 0 Å². The molecule has 0 amide bonds. The standard InChI is InChI=1S/C15H13ClF2O/c1-8-4-3-5-10(14(8)16)15(19)11-7-12(17)9(2)6-13(11)18/h3-7,15,19H,1-2H3. The molecule has 0 heterocycles. The molecular weight excluding hydrogens is 270 g/mol. The highest BCUT2D eigenvalue weighted by Crippen LogP contribution is 2.32. The third-order valence-corrected chi connectivity index (χ3v) is 3.61. The average molecular weight is 283 g/mol. The molecule has 0 radical (unpaired) electrons. The van der Waals surface area contributed by atoms with Gasteiger partial charge in [-0.05, 0) is 37.1 Å². The summed E-state index contributed by atoms with van der Waals surface area (Å²) in [6.45, 7) is 3.25. The SMILES string of the molecule is Cc1cc(F)c(C(O)c2cccc(C)c2Cl)cc1F. The number of hydrogen-bond donors (Lipinski definition) is 1. The first-order chi connectivity index (χ1) is 8.91. The normalized spacial score (nSPS) is 12.5. The van der Waals surface area contributed by atoms with Crippen LogP contribution in [0.15, 0.2) is 30.3 Å². The highest BCUT2D eigenvalue weighted by molar-refractivity contribution is 6.32. The topological polar surface area (TPSA) is 20.2 Å². The lowest BCUT2D eigenvalue weighted by molar-refractivity contribution is 0.214. The van der Waals surface area contributed by atoms with Crippen LogP contribution in [-0.4, -0.2) is 5.11 Å². The maximum atomic E-state index is 13.8. The molecule has 0 spiro atoms. The lowest BCUT2D eigenvalue weighted by Gasteiger charge is -2.16. The lowest BCUT2D eigenvalue weighted by atomic mass is 9.98. The molecule has 2 aromatic carbocycles. The predicted octanol–water partition coefficient (Wildman–Crippen LogP) is 4.32. The first-order valence-electron chi connectivity index (χ1n) is 5.80. The number of aryl methyl sites for hydroxylation is 2. The first-order valence-corrected chi connectivity index (χ1v) is 6.18. The summed E-state index contributed by atoms with van der Waals surface area (Å²) in [4.78, 5) is 0. The summed E-state index contributed by atoms with van der Waals surface area (Å²) in [6, 6.07) is 7.16. The van der Waals surface area contributed by atoms with Crippen molar-refractivity contribution in [2.24, 2.45) is 0 Å². The van der Waals surface area contributed by atoms with Crippen molar-refractivity contribution < 1.29 is 13.9 Å². The van der Waals surface area contributed by atoms with Crippen LogP contribution in [0.2, 0.25) is 5.02 Å². The summed E-state index contributed by atoms with van der Waals surface area (Å²) in [6.07, 6.45) is -1.29. The fraction of sp³-hybridized carbons (Fsp3) is 0.200. The zero-order valence-electron chi connectivity index (χ0n) is 10.5. The van der Waals surface area contributed by atoms with Crippen molar-refractivity contribution in [3.05, 3.63) is 69.2 Å². The lowest BCUT2D eigenvalue weighted by Crippen LogP contribution is -2.05. The summed E-state index contributed by atoms with van der Waals surface area (Å²) >= 11 is 6.09. The number of aliphatic hydroxyl groups is 1. The van der Waals surface area contributed by atoms with E-state index in [1.54, 1.807) is 25.1 Å². The van der Waals surface area contributed by atoms with Crippen LogP contribution in [0.5, 0.6) is 0 Å². The Labute approximate surface area is 115 Å². The van der Waals surface area contributed by atoms with E-state index in [0.29, 0.717) is 10.6 Å². The molecule has 0 saturated heterocycles. The number of hydrogen-bond acceptors (Lipinski definition) is 1. The molecule has 4 heteroatoms. The minimum absolute atomic E-state index is 0.115. The van der Waals surface area contributed by atoms with Crippen molar-refractivity contribution >= 4 is 11.6 Å². The maximum Gasteiger partial charge on any atom is 0.129 e. The Morgan fingerprint density at radius 3 is 2.37 bits per heavy atom. The van der Waals surface area contributed by atoms with Gasteiger partial charge in [0.2, 0.25) is 0 Å². The van der Waals surface area contributed by atoms with Gasteiger partial charge in [0.1, 0.15) is 17.7 Å². The van der Waals surface area contributed by atoms with Gasteiger partial charge in [-0.25, -0.2) is 8.78 Å². The Morgan fingerprint density at radius 1 is 1.00 bits per heavy atom. The van der Waals surface area contributed by atoms with E-state index < -0.39 is 17.7 Å². The van der Waals surface area contributed by atoms with Crippen molar-refractivity contribution in [3.8, 4) is 0 Å². The highest BCUT2D eigenvalue weighted by Gasteiger charge is 2.20. The van der Waals surface area contributed by atoms with E-state index in [2.05, 4.69) is 0 Å². The van der Waals surface area contributed by atoms with Gasteiger partial charge in [-0.1, -0.05) is 29.8 Å². The van der Waals surface area contributed by atoms with E-state index in [0.717, 1.165) is 17.7 Å². The van der Waals surface area contributed by atoms with Crippen LogP contribution in [0.3, 0.4) is 0 Å². The van der Waals surface area contributed by atoms with Crippen LogP contribution < -0.4 is 0 Å². The molecule has 1 unspecified atom stereocenters. The van der Waals surface area contributed by atoms with Gasteiger partial charge in [-0.3, -0.25) is 0 Å². The molecule has 0 saturated carbocycles. The molecule has 2 rings (SSSR count).